The molecular weight excluding hydrogens is 413 g/mol. The van der Waals surface area contributed by atoms with Crippen molar-refractivity contribution in [1.29, 1.82) is 0 Å². The topological polar surface area (TPSA) is 78.4 Å². The minimum atomic E-state index is -0.393. The number of amides is 1. The first kappa shape index (κ1) is 23.3. The summed E-state index contributed by atoms with van der Waals surface area (Å²) in [5.41, 5.74) is 1.50. The SMILES string of the molecule is CN=C(NCC(=O)Nc1cccc(F)c1)N1CCN(Cc2cc(OC)ccc2OC)CC1. The minimum absolute atomic E-state index is 0.0460. The summed E-state index contributed by atoms with van der Waals surface area (Å²) in [4.78, 5) is 21.0. The molecule has 2 aromatic carbocycles. The normalized spacial score (nSPS) is 14.8. The highest BCUT2D eigenvalue weighted by Gasteiger charge is 2.21. The standard InChI is InChI=1S/C23H30FN5O3/c1-25-23(26-15-22(30)27-19-6-4-5-18(24)14-19)29-11-9-28(10-12-29)16-17-13-20(31-2)7-8-21(17)32-3/h4-8,13-14H,9-12,15-16H2,1-3H3,(H,25,26)(H,27,30). The molecule has 0 aromatic heterocycles. The summed E-state index contributed by atoms with van der Waals surface area (Å²) in [5, 5.41) is 5.76. The second-order valence-corrected chi connectivity index (χ2v) is 7.40. The molecule has 1 aliphatic heterocycles. The number of methoxy groups -OCH3 is 2. The highest BCUT2D eigenvalue weighted by molar-refractivity contribution is 5.95. The van der Waals surface area contributed by atoms with Crippen LogP contribution >= 0.6 is 0 Å². The van der Waals surface area contributed by atoms with Crippen LogP contribution in [0.4, 0.5) is 10.1 Å². The Bertz CT molecular complexity index is 945. The molecule has 8 nitrogen and oxygen atoms in total. The van der Waals surface area contributed by atoms with Crippen LogP contribution in [0.1, 0.15) is 5.56 Å². The van der Waals surface area contributed by atoms with Crippen LogP contribution in [0.5, 0.6) is 11.5 Å². The molecule has 2 N–H and O–H groups in total. The number of halogens is 1. The summed E-state index contributed by atoms with van der Waals surface area (Å²) < 4.78 is 24.1. The molecule has 0 radical (unpaired) electrons. The van der Waals surface area contributed by atoms with Crippen molar-refractivity contribution in [2.75, 3.05) is 59.3 Å². The molecule has 0 aliphatic carbocycles. The second-order valence-electron chi connectivity index (χ2n) is 7.40. The van der Waals surface area contributed by atoms with E-state index in [1.165, 1.54) is 12.1 Å². The number of hydrogen-bond acceptors (Lipinski definition) is 5. The van der Waals surface area contributed by atoms with Gasteiger partial charge >= 0.3 is 0 Å². The van der Waals surface area contributed by atoms with Gasteiger partial charge in [-0.3, -0.25) is 14.7 Å². The van der Waals surface area contributed by atoms with Crippen LogP contribution in [0.25, 0.3) is 0 Å². The maximum absolute atomic E-state index is 13.3. The first-order chi connectivity index (χ1) is 15.5. The third kappa shape index (κ3) is 6.34. The monoisotopic (exact) mass is 443 g/mol. The van der Waals surface area contributed by atoms with Crippen molar-refractivity contribution in [1.82, 2.24) is 15.1 Å². The van der Waals surface area contributed by atoms with Crippen LogP contribution in [-0.2, 0) is 11.3 Å². The molecule has 32 heavy (non-hydrogen) atoms. The van der Waals surface area contributed by atoms with E-state index in [0.29, 0.717) is 11.6 Å². The fourth-order valence-electron chi connectivity index (χ4n) is 3.63. The number of rotatable bonds is 7. The number of carbonyl (C=O) groups is 1. The Labute approximate surface area is 188 Å². The lowest BCUT2D eigenvalue weighted by molar-refractivity contribution is -0.115. The van der Waals surface area contributed by atoms with Gasteiger partial charge in [-0.25, -0.2) is 4.39 Å². The maximum Gasteiger partial charge on any atom is 0.243 e. The number of ether oxygens (including phenoxy) is 2. The Morgan fingerprint density at radius 1 is 1.09 bits per heavy atom. The van der Waals surface area contributed by atoms with Gasteiger partial charge in [-0.15, -0.1) is 0 Å². The Kier molecular flexibility index (Phi) is 8.27. The summed E-state index contributed by atoms with van der Waals surface area (Å²) in [7, 11) is 5.02. The van der Waals surface area contributed by atoms with Gasteiger partial charge in [0.25, 0.3) is 0 Å². The second kappa shape index (κ2) is 11.3. The average molecular weight is 444 g/mol. The lowest BCUT2D eigenvalue weighted by atomic mass is 10.1. The van der Waals surface area contributed by atoms with E-state index in [2.05, 4.69) is 25.4 Å². The molecule has 1 heterocycles. The summed E-state index contributed by atoms with van der Waals surface area (Å²) in [5.74, 6) is 1.66. The lowest BCUT2D eigenvalue weighted by Gasteiger charge is -2.36. The molecule has 0 unspecified atom stereocenters. The number of nitrogens with one attached hydrogen (secondary N) is 2. The summed E-state index contributed by atoms with van der Waals surface area (Å²) in [6.45, 7) is 4.04. The van der Waals surface area contributed by atoms with Gasteiger partial charge in [-0.1, -0.05) is 6.07 Å². The molecule has 2 aromatic rings. The van der Waals surface area contributed by atoms with Gasteiger partial charge < -0.3 is 25.0 Å². The van der Waals surface area contributed by atoms with Gasteiger partial charge in [0.1, 0.15) is 17.3 Å². The molecule has 3 rings (SSSR count). The van der Waals surface area contributed by atoms with Crippen molar-refractivity contribution in [3.8, 4) is 11.5 Å². The number of carbonyl (C=O) groups excluding carboxylic acids is 1. The average Bonchev–Trinajstić information content (AvgIpc) is 2.80. The molecular formula is C23H30FN5O3. The van der Waals surface area contributed by atoms with Gasteiger partial charge in [-0.05, 0) is 36.4 Å². The highest BCUT2D eigenvalue weighted by Crippen LogP contribution is 2.25. The zero-order valence-corrected chi connectivity index (χ0v) is 18.7. The van der Waals surface area contributed by atoms with Crippen LogP contribution < -0.4 is 20.1 Å². The number of benzene rings is 2. The fourth-order valence-corrected chi connectivity index (χ4v) is 3.63. The van der Waals surface area contributed by atoms with Crippen LogP contribution in [-0.4, -0.2) is 75.7 Å². The highest BCUT2D eigenvalue weighted by atomic mass is 19.1. The smallest absolute Gasteiger partial charge is 0.243 e. The van der Waals surface area contributed by atoms with Gasteiger partial charge in [0.05, 0.1) is 20.8 Å². The number of piperazine rings is 1. The van der Waals surface area contributed by atoms with Crippen molar-refractivity contribution in [3.63, 3.8) is 0 Å². The summed E-state index contributed by atoms with van der Waals surface area (Å²) >= 11 is 0. The minimum Gasteiger partial charge on any atom is -0.497 e. The predicted molar refractivity (Wildman–Crippen MR) is 123 cm³/mol. The van der Waals surface area contributed by atoms with E-state index in [0.717, 1.165) is 49.8 Å². The first-order valence-corrected chi connectivity index (χ1v) is 10.5. The zero-order chi connectivity index (χ0) is 22.9. The van der Waals surface area contributed by atoms with E-state index in [1.807, 2.05) is 18.2 Å². The van der Waals surface area contributed by atoms with E-state index in [4.69, 9.17) is 9.47 Å². The molecule has 1 fully saturated rings. The maximum atomic E-state index is 13.3. The van der Waals surface area contributed by atoms with Gasteiger partial charge in [0, 0.05) is 51.0 Å². The lowest BCUT2D eigenvalue weighted by Crippen LogP contribution is -2.53. The van der Waals surface area contributed by atoms with Crippen molar-refractivity contribution in [2.45, 2.75) is 6.54 Å². The molecule has 0 bridgehead atoms. The van der Waals surface area contributed by atoms with Crippen LogP contribution in [0.3, 0.4) is 0 Å². The number of nitrogens with zero attached hydrogens (tertiary/aromatic N) is 3. The van der Waals surface area contributed by atoms with E-state index < -0.39 is 5.82 Å². The number of anilines is 1. The molecule has 1 saturated heterocycles. The van der Waals surface area contributed by atoms with E-state index >= 15 is 0 Å². The Balaban J connectivity index is 1.48. The largest absolute Gasteiger partial charge is 0.497 e. The van der Waals surface area contributed by atoms with Gasteiger partial charge in [0.2, 0.25) is 5.91 Å². The molecule has 9 heteroatoms. The van der Waals surface area contributed by atoms with Gasteiger partial charge in [-0.2, -0.15) is 0 Å². The number of guanidine groups is 1. The molecule has 0 atom stereocenters. The third-order valence-electron chi connectivity index (χ3n) is 5.28. The summed E-state index contributed by atoms with van der Waals surface area (Å²) in [6.07, 6.45) is 0. The van der Waals surface area contributed by atoms with Crippen LogP contribution in [0.15, 0.2) is 47.5 Å². The molecule has 0 saturated carbocycles. The molecule has 1 amide bonds. The zero-order valence-electron chi connectivity index (χ0n) is 18.7. The summed E-state index contributed by atoms with van der Waals surface area (Å²) in [6, 6.07) is 11.6. The Morgan fingerprint density at radius 2 is 1.88 bits per heavy atom. The Morgan fingerprint density at radius 3 is 2.53 bits per heavy atom. The fraction of sp³-hybridized carbons (Fsp3) is 0.391. The molecule has 172 valence electrons. The number of aliphatic imine (C=N–C) groups is 1. The molecule has 1 aliphatic rings. The molecule has 0 spiro atoms. The Hall–Kier alpha value is -3.33. The van der Waals surface area contributed by atoms with E-state index in [1.54, 1.807) is 33.4 Å². The quantitative estimate of drug-likeness (QED) is 0.505. The first-order valence-electron chi connectivity index (χ1n) is 10.5. The van der Waals surface area contributed by atoms with Crippen molar-refractivity contribution >= 4 is 17.6 Å². The van der Waals surface area contributed by atoms with Crippen LogP contribution in [0.2, 0.25) is 0 Å². The van der Waals surface area contributed by atoms with Crippen LogP contribution in [0, 0.1) is 5.82 Å². The van der Waals surface area contributed by atoms with E-state index in [-0.39, 0.29) is 12.5 Å². The third-order valence-corrected chi connectivity index (χ3v) is 5.28. The van der Waals surface area contributed by atoms with Crippen molar-refractivity contribution in [3.05, 3.63) is 53.8 Å². The van der Waals surface area contributed by atoms with Gasteiger partial charge in [0.15, 0.2) is 5.96 Å². The van der Waals surface area contributed by atoms with E-state index in [9.17, 15) is 9.18 Å². The van der Waals surface area contributed by atoms with Crippen molar-refractivity contribution in [2.24, 2.45) is 4.99 Å². The van der Waals surface area contributed by atoms with Crippen molar-refractivity contribution < 1.29 is 18.7 Å². The number of hydrogen-bond donors (Lipinski definition) is 2. The predicted octanol–water partition coefficient (Wildman–Crippen LogP) is 2.17.